The first-order valence-corrected chi connectivity index (χ1v) is 11.1. The summed E-state index contributed by atoms with van der Waals surface area (Å²) in [6, 6.07) is 9.97. The van der Waals surface area contributed by atoms with E-state index < -0.39 is 11.2 Å². The SMILES string of the molecule is CC(Sc1nc2scc(-c3ccc(F)cc3)c2c(=O)[nH]1)C(=O)Nc1cc(C=O)ccc1O. The van der Waals surface area contributed by atoms with Gasteiger partial charge in [0, 0.05) is 16.5 Å². The molecule has 0 saturated carbocycles. The Kier molecular flexibility index (Phi) is 6.06. The summed E-state index contributed by atoms with van der Waals surface area (Å²) < 4.78 is 13.2. The molecule has 0 aliphatic heterocycles. The van der Waals surface area contributed by atoms with Crippen LogP contribution in [0.4, 0.5) is 10.1 Å². The van der Waals surface area contributed by atoms with Gasteiger partial charge in [0.25, 0.3) is 5.56 Å². The molecular weight excluding hydrogens is 453 g/mol. The fourth-order valence-corrected chi connectivity index (χ4v) is 4.81. The average molecular weight is 470 g/mol. The number of aromatic hydroxyl groups is 1. The summed E-state index contributed by atoms with van der Waals surface area (Å²) in [5.74, 6) is -0.965. The monoisotopic (exact) mass is 469 g/mol. The minimum atomic E-state index is -0.661. The topological polar surface area (TPSA) is 112 Å². The standard InChI is InChI=1S/C22H16FN3O4S2/c1-11(19(29)24-16-8-12(9-27)2-7-17(16)28)32-22-25-20(30)18-15(10-31-21(18)26-22)13-3-5-14(23)6-4-13/h2-11,28H,1H3,(H,24,29)(H,25,26,30). The third kappa shape index (κ3) is 4.41. The van der Waals surface area contributed by atoms with E-state index in [0.717, 1.165) is 11.8 Å². The fraction of sp³-hybridized carbons (Fsp3) is 0.0909. The number of aromatic nitrogens is 2. The van der Waals surface area contributed by atoms with Gasteiger partial charge in [0.15, 0.2) is 5.16 Å². The molecule has 0 fully saturated rings. The van der Waals surface area contributed by atoms with Gasteiger partial charge in [-0.15, -0.1) is 11.3 Å². The van der Waals surface area contributed by atoms with Crippen molar-refractivity contribution < 1.29 is 19.1 Å². The van der Waals surface area contributed by atoms with E-state index in [9.17, 15) is 23.9 Å². The molecule has 1 atom stereocenters. The smallest absolute Gasteiger partial charge is 0.260 e. The van der Waals surface area contributed by atoms with Gasteiger partial charge in [0.1, 0.15) is 22.7 Å². The number of H-pyrrole nitrogens is 1. The van der Waals surface area contributed by atoms with Crippen LogP contribution >= 0.6 is 23.1 Å². The third-order valence-corrected chi connectivity index (χ3v) is 6.51. The number of carbonyl (C=O) groups excluding carboxylic acids is 2. The number of phenolic OH excluding ortho intramolecular Hbond substituents is 1. The zero-order chi connectivity index (χ0) is 22.8. The van der Waals surface area contributed by atoms with E-state index in [4.69, 9.17) is 0 Å². The van der Waals surface area contributed by atoms with Crippen molar-refractivity contribution in [2.45, 2.75) is 17.3 Å². The molecule has 10 heteroatoms. The van der Waals surface area contributed by atoms with Crippen molar-refractivity contribution in [1.29, 1.82) is 0 Å². The first-order valence-electron chi connectivity index (χ1n) is 9.39. The minimum absolute atomic E-state index is 0.117. The van der Waals surface area contributed by atoms with E-state index in [-0.39, 0.29) is 28.0 Å². The number of nitrogens with zero attached hydrogens (tertiary/aromatic N) is 1. The lowest BCUT2D eigenvalue weighted by molar-refractivity contribution is -0.115. The van der Waals surface area contributed by atoms with E-state index >= 15 is 0 Å². The summed E-state index contributed by atoms with van der Waals surface area (Å²) in [6.07, 6.45) is 0.609. The number of phenols is 1. The first-order chi connectivity index (χ1) is 15.4. The van der Waals surface area contributed by atoms with Gasteiger partial charge in [0.05, 0.1) is 16.3 Å². The van der Waals surface area contributed by atoms with E-state index in [2.05, 4.69) is 15.3 Å². The molecule has 1 amide bonds. The number of carbonyl (C=O) groups is 2. The van der Waals surface area contributed by atoms with Crippen LogP contribution in [-0.2, 0) is 4.79 Å². The zero-order valence-electron chi connectivity index (χ0n) is 16.6. The molecule has 4 aromatic rings. The molecule has 0 spiro atoms. The van der Waals surface area contributed by atoms with Gasteiger partial charge in [-0.25, -0.2) is 9.37 Å². The lowest BCUT2D eigenvalue weighted by Gasteiger charge is -2.12. The second-order valence-corrected chi connectivity index (χ2v) is 9.04. The van der Waals surface area contributed by atoms with Gasteiger partial charge in [-0.1, -0.05) is 23.9 Å². The Morgan fingerprint density at radius 1 is 1.28 bits per heavy atom. The maximum absolute atomic E-state index is 13.2. The molecule has 1 unspecified atom stereocenters. The largest absolute Gasteiger partial charge is 0.506 e. The zero-order valence-corrected chi connectivity index (χ0v) is 18.2. The number of benzene rings is 2. The lowest BCUT2D eigenvalue weighted by atomic mass is 10.1. The van der Waals surface area contributed by atoms with Gasteiger partial charge >= 0.3 is 0 Å². The maximum Gasteiger partial charge on any atom is 0.260 e. The van der Waals surface area contributed by atoms with E-state index in [0.29, 0.717) is 33.2 Å². The molecular formula is C22H16FN3O4S2. The summed E-state index contributed by atoms with van der Waals surface area (Å²) in [5.41, 5.74) is 1.43. The number of thiophene rings is 1. The highest BCUT2D eigenvalue weighted by molar-refractivity contribution is 8.00. The Labute approximate surface area is 189 Å². The minimum Gasteiger partial charge on any atom is -0.506 e. The number of fused-ring (bicyclic) bond motifs is 1. The number of aromatic amines is 1. The lowest BCUT2D eigenvalue weighted by Crippen LogP contribution is -2.23. The summed E-state index contributed by atoms with van der Waals surface area (Å²) >= 11 is 2.33. The normalized spacial score (nSPS) is 11.9. The Balaban J connectivity index is 1.55. The molecule has 2 heterocycles. The van der Waals surface area contributed by atoms with Crippen molar-refractivity contribution in [2.24, 2.45) is 0 Å². The molecule has 2 aromatic carbocycles. The van der Waals surface area contributed by atoms with Crippen LogP contribution in [0.3, 0.4) is 0 Å². The van der Waals surface area contributed by atoms with Crippen LogP contribution in [0.5, 0.6) is 5.75 Å². The number of aldehydes is 1. The van der Waals surface area contributed by atoms with Crippen molar-refractivity contribution in [2.75, 3.05) is 5.32 Å². The van der Waals surface area contributed by atoms with Crippen LogP contribution in [0, 0.1) is 5.82 Å². The molecule has 7 nitrogen and oxygen atoms in total. The predicted octanol–water partition coefficient (Wildman–Crippen LogP) is 4.43. The van der Waals surface area contributed by atoms with E-state index in [1.165, 1.54) is 41.7 Å². The molecule has 162 valence electrons. The van der Waals surface area contributed by atoms with Gasteiger partial charge in [-0.3, -0.25) is 14.4 Å². The van der Waals surface area contributed by atoms with Crippen molar-refractivity contribution in [3.63, 3.8) is 0 Å². The number of nitrogens with one attached hydrogen (secondary N) is 2. The second kappa shape index (κ2) is 8.93. The molecule has 32 heavy (non-hydrogen) atoms. The van der Waals surface area contributed by atoms with Gasteiger partial charge < -0.3 is 15.4 Å². The first kappa shape index (κ1) is 21.7. The molecule has 3 N–H and O–H groups in total. The number of rotatable bonds is 6. The summed E-state index contributed by atoms with van der Waals surface area (Å²) in [7, 11) is 0. The van der Waals surface area contributed by atoms with Crippen LogP contribution in [0.15, 0.2) is 57.8 Å². The van der Waals surface area contributed by atoms with Gasteiger partial charge in [-0.05, 0) is 42.8 Å². The quantitative estimate of drug-likeness (QED) is 0.167. The van der Waals surface area contributed by atoms with Crippen LogP contribution in [0.25, 0.3) is 21.3 Å². The number of hydrogen-bond acceptors (Lipinski definition) is 7. The third-order valence-electron chi connectivity index (χ3n) is 4.65. The van der Waals surface area contributed by atoms with Gasteiger partial charge in [-0.2, -0.15) is 0 Å². The van der Waals surface area contributed by atoms with Crippen LogP contribution < -0.4 is 10.9 Å². The van der Waals surface area contributed by atoms with Gasteiger partial charge in [0.2, 0.25) is 5.91 Å². The average Bonchev–Trinajstić information content (AvgIpc) is 3.20. The Hall–Kier alpha value is -3.50. The number of halogens is 1. The highest BCUT2D eigenvalue weighted by Gasteiger charge is 2.19. The maximum atomic E-state index is 13.2. The molecule has 0 aliphatic carbocycles. The van der Waals surface area contributed by atoms with Crippen molar-refractivity contribution >= 4 is 51.2 Å². The molecule has 2 aromatic heterocycles. The molecule has 0 saturated heterocycles. The summed E-state index contributed by atoms with van der Waals surface area (Å²) in [4.78, 5) is 43.9. The molecule has 0 bridgehead atoms. The fourth-order valence-electron chi connectivity index (χ4n) is 3.01. The number of anilines is 1. The van der Waals surface area contributed by atoms with Crippen molar-refractivity contribution in [3.05, 3.63) is 69.6 Å². The Morgan fingerprint density at radius 2 is 2.03 bits per heavy atom. The van der Waals surface area contributed by atoms with Crippen LogP contribution in [-0.4, -0.2) is 32.5 Å². The molecule has 4 rings (SSSR count). The molecule has 0 aliphatic rings. The number of hydrogen-bond donors (Lipinski definition) is 3. The predicted molar refractivity (Wildman–Crippen MR) is 123 cm³/mol. The Bertz CT molecular complexity index is 1380. The van der Waals surface area contributed by atoms with Crippen LogP contribution in [0.1, 0.15) is 17.3 Å². The summed E-state index contributed by atoms with van der Waals surface area (Å²) in [6.45, 7) is 1.63. The van der Waals surface area contributed by atoms with E-state index in [1.807, 2.05) is 0 Å². The number of thioether (sulfide) groups is 1. The van der Waals surface area contributed by atoms with Crippen molar-refractivity contribution in [3.8, 4) is 16.9 Å². The highest BCUT2D eigenvalue weighted by Crippen LogP contribution is 2.32. The molecule has 0 radical (unpaired) electrons. The van der Waals surface area contributed by atoms with Crippen molar-refractivity contribution in [1.82, 2.24) is 9.97 Å². The summed E-state index contributed by atoms with van der Waals surface area (Å²) in [5, 5.41) is 14.3. The van der Waals surface area contributed by atoms with Crippen LogP contribution in [0.2, 0.25) is 0 Å². The second-order valence-electron chi connectivity index (χ2n) is 6.85. The van der Waals surface area contributed by atoms with E-state index in [1.54, 1.807) is 24.4 Å². The Morgan fingerprint density at radius 3 is 2.75 bits per heavy atom. The number of amides is 1. The highest BCUT2D eigenvalue weighted by atomic mass is 32.2.